The molecule has 0 aliphatic heterocycles. The maximum Gasteiger partial charge on any atom is 0.255 e. The minimum atomic E-state index is -3.64. The highest BCUT2D eigenvalue weighted by atomic mass is 79.9. The van der Waals surface area contributed by atoms with Crippen LogP contribution < -0.4 is 5.32 Å². The van der Waals surface area contributed by atoms with Crippen molar-refractivity contribution in [3.63, 3.8) is 0 Å². The lowest BCUT2D eigenvalue weighted by atomic mass is 10.1. The molecule has 0 atom stereocenters. The van der Waals surface area contributed by atoms with Crippen LogP contribution in [0.2, 0.25) is 0 Å². The molecule has 1 N–H and O–H groups in total. The summed E-state index contributed by atoms with van der Waals surface area (Å²) in [5.74, 6) is -0.360. The molecule has 24 heavy (non-hydrogen) atoms. The summed E-state index contributed by atoms with van der Waals surface area (Å²) in [6.45, 7) is 3.96. The number of nitrogens with one attached hydrogen (secondary N) is 1. The Morgan fingerprint density at radius 3 is 2.29 bits per heavy atom. The van der Waals surface area contributed by atoms with Crippen molar-refractivity contribution in [2.45, 2.75) is 18.7 Å². The molecule has 2 aromatic rings. The van der Waals surface area contributed by atoms with Crippen molar-refractivity contribution in [1.29, 1.82) is 0 Å². The molecule has 7 heteroatoms. The fourth-order valence-corrected chi connectivity index (χ4v) is 3.91. The first-order valence-corrected chi connectivity index (χ1v) is 9.47. The van der Waals surface area contributed by atoms with Crippen LogP contribution in [0.1, 0.15) is 21.5 Å². The van der Waals surface area contributed by atoms with E-state index in [0.717, 1.165) is 15.4 Å². The van der Waals surface area contributed by atoms with Gasteiger partial charge in [0.2, 0.25) is 10.0 Å². The van der Waals surface area contributed by atoms with Crippen LogP contribution in [-0.4, -0.2) is 32.7 Å². The Kier molecular flexibility index (Phi) is 5.47. The van der Waals surface area contributed by atoms with Gasteiger partial charge < -0.3 is 5.32 Å². The van der Waals surface area contributed by atoms with Crippen LogP contribution in [0.4, 0.5) is 5.69 Å². The van der Waals surface area contributed by atoms with Crippen molar-refractivity contribution < 1.29 is 13.2 Å². The van der Waals surface area contributed by atoms with Gasteiger partial charge in [-0.2, -0.15) is 0 Å². The number of sulfonamides is 1. The van der Waals surface area contributed by atoms with Gasteiger partial charge in [-0.25, -0.2) is 12.7 Å². The first kappa shape index (κ1) is 18.6. The second-order valence-corrected chi connectivity index (χ2v) is 8.66. The zero-order valence-corrected chi connectivity index (χ0v) is 16.3. The number of hydrogen-bond donors (Lipinski definition) is 1. The first-order valence-electron chi connectivity index (χ1n) is 7.23. The highest BCUT2D eigenvalue weighted by Gasteiger charge is 2.22. The smallest absolute Gasteiger partial charge is 0.255 e. The van der Waals surface area contributed by atoms with Crippen LogP contribution in [0.3, 0.4) is 0 Å². The number of amides is 1. The number of aryl methyl sites for hydroxylation is 2. The lowest BCUT2D eigenvalue weighted by Gasteiger charge is -2.14. The van der Waals surface area contributed by atoms with Gasteiger partial charge in [0.15, 0.2) is 0 Å². The predicted molar refractivity (Wildman–Crippen MR) is 98.9 cm³/mol. The fourth-order valence-electron chi connectivity index (χ4n) is 2.06. The van der Waals surface area contributed by atoms with Gasteiger partial charge in [0.05, 0.1) is 4.90 Å². The van der Waals surface area contributed by atoms with E-state index < -0.39 is 10.0 Å². The molecule has 5 nitrogen and oxygen atoms in total. The van der Waals surface area contributed by atoms with Crippen molar-refractivity contribution in [1.82, 2.24) is 4.31 Å². The molecule has 0 aliphatic carbocycles. The van der Waals surface area contributed by atoms with Crippen LogP contribution in [0.15, 0.2) is 45.8 Å². The van der Waals surface area contributed by atoms with Crippen molar-refractivity contribution >= 4 is 37.5 Å². The summed E-state index contributed by atoms with van der Waals surface area (Å²) in [5.41, 5.74) is 3.15. The number of carbonyl (C=O) groups is 1. The quantitative estimate of drug-likeness (QED) is 0.837. The van der Waals surface area contributed by atoms with E-state index in [9.17, 15) is 13.2 Å². The summed E-state index contributed by atoms with van der Waals surface area (Å²) in [7, 11) is -0.746. The number of halogens is 1. The van der Waals surface area contributed by atoms with Crippen LogP contribution in [0.5, 0.6) is 0 Å². The van der Waals surface area contributed by atoms with Crippen LogP contribution in [-0.2, 0) is 10.0 Å². The van der Waals surface area contributed by atoms with Crippen LogP contribution in [0.25, 0.3) is 0 Å². The van der Waals surface area contributed by atoms with Crippen molar-refractivity contribution in [3.8, 4) is 0 Å². The molecule has 0 aliphatic rings. The average Bonchev–Trinajstić information content (AvgIpc) is 2.51. The van der Waals surface area contributed by atoms with E-state index in [-0.39, 0.29) is 16.4 Å². The molecule has 0 aromatic heterocycles. The third kappa shape index (κ3) is 3.85. The summed E-state index contributed by atoms with van der Waals surface area (Å²) in [6, 6.07) is 10.1. The minimum absolute atomic E-state index is 0.0558. The Hall–Kier alpha value is -1.70. The van der Waals surface area contributed by atoms with Crippen molar-refractivity contribution in [3.05, 3.63) is 57.6 Å². The molecule has 1 amide bonds. The van der Waals surface area contributed by atoms with Gasteiger partial charge in [0.25, 0.3) is 5.91 Å². The van der Waals surface area contributed by atoms with Gasteiger partial charge in [0.1, 0.15) is 0 Å². The highest BCUT2D eigenvalue weighted by Crippen LogP contribution is 2.26. The number of anilines is 1. The highest BCUT2D eigenvalue weighted by molar-refractivity contribution is 9.10. The molecule has 2 aromatic carbocycles. The average molecular weight is 411 g/mol. The molecule has 0 unspecified atom stereocenters. The van der Waals surface area contributed by atoms with Gasteiger partial charge in [-0.1, -0.05) is 6.07 Å². The van der Waals surface area contributed by atoms with E-state index in [1.807, 2.05) is 32.0 Å². The zero-order chi connectivity index (χ0) is 18.1. The molecular formula is C17H19BrN2O3S. The Morgan fingerprint density at radius 1 is 1.04 bits per heavy atom. The van der Waals surface area contributed by atoms with Gasteiger partial charge in [0, 0.05) is 29.8 Å². The monoisotopic (exact) mass is 410 g/mol. The topological polar surface area (TPSA) is 66.5 Å². The summed E-state index contributed by atoms with van der Waals surface area (Å²) >= 11 is 3.23. The minimum Gasteiger partial charge on any atom is -0.322 e. The molecule has 0 radical (unpaired) electrons. The Labute approximate surface area is 150 Å². The van der Waals surface area contributed by atoms with Gasteiger partial charge in [-0.05, 0) is 71.2 Å². The standard InChI is InChI=1S/C17H19BrN2O3S/c1-11-5-7-14(9-12(11)2)19-17(21)13-6-8-15(18)16(10-13)24(22,23)20(3)4/h5-10H,1-4H3,(H,19,21). The number of hydrogen-bond acceptors (Lipinski definition) is 3. The Bertz CT molecular complexity index is 893. The molecule has 0 fully saturated rings. The summed E-state index contributed by atoms with van der Waals surface area (Å²) in [4.78, 5) is 12.5. The summed E-state index contributed by atoms with van der Waals surface area (Å²) in [5, 5.41) is 2.79. The molecule has 128 valence electrons. The number of benzene rings is 2. The molecule has 0 spiro atoms. The normalized spacial score (nSPS) is 11.6. The van der Waals surface area contributed by atoms with Crippen molar-refractivity contribution in [2.24, 2.45) is 0 Å². The Balaban J connectivity index is 2.35. The summed E-state index contributed by atoms with van der Waals surface area (Å²) in [6.07, 6.45) is 0. The molecule has 0 heterocycles. The van der Waals surface area contributed by atoms with E-state index in [2.05, 4.69) is 21.2 Å². The third-order valence-electron chi connectivity index (χ3n) is 3.72. The molecule has 0 saturated carbocycles. The van der Waals surface area contributed by atoms with Crippen LogP contribution >= 0.6 is 15.9 Å². The van der Waals surface area contributed by atoms with E-state index in [4.69, 9.17) is 0 Å². The molecule has 0 saturated heterocycles. The maximum atomic E-state index is 12.4. The SMILES string of the molecule is Cc1ccc(NC(=O)c2ccc(Br)c(S(=O)(=O)N(C)C)c2)cc1C. The lowest BCUT2D eigenvalue weighted by molar-refractivity contribution is 0.102. The van der Waals surface area contributed by atoms with Crippen LogP contribution in [0, 0.1) is 13.8 Å². The number of carbonyl (C=O) groups excluding carboxylic acids is 1. The molecule has 2 rings (SSSR count). The van der Waals surface area contributed by atoms with E-state index in [0.29, 0.717) is 10.2 Å². The lowest BCUT2D eigenvalue weighted by Crippen LogP contribution is -2.23. The first-order chi connectivity index (χ1) is 11.1. The predicted octanol–water partition coefficient (Wildman–Crippen LogP) is 3.57. The van der Waals surface area contributed by atoms with E-state index in [1.54, 1.807) is 12.1 Å². The van der Waals surface area contributed by atoms with Gasteiger partial charge in [-0.15, -0.1) is 0 Å². The second-order valence-electron chi connectivity index (χ2n) is 5.69. The van der Waals surface area contributed by atoms with Gasteiger partial charge >= 0.3 is 0 Å². The fraction of sp³-hybridized carbons (Fsp3) is 0.235. The molecule has 0 bridgehead atoms. The summed E-state index contributed by atoms with van der Waals surface area (Å²) < 4.78 is 26.2. The maximum absolute atomic E-state index is 12.4. The number of rotatable bonds is 4. The van der Waals surface area contributed by atoms with Crippen molar-refractivity contribution in [2.75, 3.05) is 19.4 Å². The van der Waals surface area contributed by atoms with E-state index in [1.165, 1.54) is 20.2 Å². The van der Waals surface area contributed by atoms with E-state index >= 15 is 0 Å². The van der Waals surface area contributed by atoms with Gasteiger partial charge in [-0.3, -0.25) is 4.79 Å². The number of nitrogens with zero attached hydrogens (tertiary/aromatic N) is 1. The third-order valence-corrected chi connectivity index (χ3v) is 6.53. The zero-order valence-electron chi connectivity index (χ0n) is 13.9. The Morgan fingerprint density at radius 2 is 1.71 bits per heavy atom. The molecular weight excluding hydrogens is 392 g/mol. The second kappa shape index (κ2) is 7.04. The largest absolute Gasteiger partial charge is 0.322 e.